The van der Waals surface area contributed by atoms with Crippen molar-refractivity contribution in [3.05, 3.63) is 27.7 Å². The zero-order valence-corrected chi connectivity index (χ0v) is 8.75. The molecule has 0 bridgehead atoms. The van der Waals surface area contributed by atoms with Crippen LogP contribution in [0.25, 0.3) is 0 Å². The van der Waals surface area contributed by atoms with Crippen LogP contribution < -0.4 is 0 Å². The van der Waals surface area contributed by atoms with Gasteiger partial charge in [-0.3, -0.25) is 0 Å². The summed E-state index contributed by atoms with van der Waals surface area (Å²) < 4.78 is 8.44. The van der Waals surface area contributed by atoms with Gasteiger partial charge in [0.2, 0.25) is 0 Å². The van der Waals surface area contributed by atoms with Crippen LogP contribution in [-0.4, -0.2) is 16.9 Å². The first-order valence-electron chi connectivity index (χ1n) is 3.25. The number of ether oxygens (including phenoxy) is 1. The predicted octanol–water partition coefficient (Wildman–Crippen LogP) is 2.79. The van der Waals surface area contributed by atoms with Crippen LogP contribution in [-0.2, 0) is 4.74 Å². The highest BCUT2D eigenvalue weighted by atomic mass is 35.5. The summed E-state index contributed by atoms with van der Waals surface area (Å²) in [6, 6.07) is 0. The molecule has 0 aliphatic heterocycles. The van der Waals surface area contributed by atoms with Gasteiger partial charge in [0.1, 0.15) is 11.6 Å². The van der Waals surface area contributed by atoms with Crippen LogP contribution in [0.1, 0.15) is 9.67 Å². The zero-order valence-electron chi connectivity index (χ0n) is 6.42. The lowest BCUT2D eigenvalue weighted by Gasteiger charge is -1.97. The van der Waals surface area contributed by atoms with Gasteiger partial charge in [0.05, 0.1) is 0 Å². The SMILES string of the molecule is C=CCOC(=O)c1snc(Cl)c1Cl. The standard InChI is InChI=1S/C7H5Cl2NO2S/c1-2-3-12-7(11)5-4(8)6(9)10-13-5/h2H,1,3H2. The number of nitrogens with zero attached hydrogens (tertiary/aromatic N) is 1. The lowest BCUT2D eigenvalue weighted by molar-refractivity contribution is 0.0555. The molecule has 0 unspecified atom stereocenters. The zero-order chi connectivity index (χ0) is 9.84. The molecule has 0 saturated carbocycles. The maximum Gasteiger partial charge on any atom is 0.351 e. The molecular weight excluding hydrogens is 233 g/mol. The minimum atomic E-state index is -0.533. The largest absolute Gasteiger partial charge is 0.457 e. The van der Waals surface area contributed by atoms with Gasteiger partial charge in [0.25, 0.3) is 0 Å². The van der Waals surface area contributed by atoms with Crippen molar-refractivity contribution in [1.29, 1.82) is 0 Å². The molecule has 6 heteroatoms. The Hall–Kier alpha value is -0.580. The first kappa shape index (κ1) is 10.5. The van der Waals surface area contributed by atoms with Crippen LogP contribution in [0.15, 0.2) is 12.7 Å². The summed E-state index contributed by atoms with van der Waals surface area (Å²) in [5, 5.41) is 0.262. The Labute approximate surface area is 89.1 Å². The van der Waals surface area contributed by atoms with Gasteiger partial charge in [-0.15, -0.1) is 0 Å². The number of carbonyl (C=O) groups excluding carboxylic acids is 1. The van der Waals surface area contributed by atoms with Crippen LogP contribution in [0.2, 0.25) is 10.2 Å². The van der Waals surface area contributed by atoms with Gasteiger partial charge in [-0.25, -0.2) is 4.79 Å². The van der Waals surface area contributed by atoms with E-state index in [4.69, 9.17) is 27.9 Å². The molecule has 0 N–H and O–H groups in total. The summed E-state index contributed by atoms with van der Waals surface area (Å²) in [4.78, 5) is 11.4. The molecule has 13 heavy (non-hydrogen) atoms. The number of rotatable bonds is 3. The Morgan fingerprint density at radius 1 is 1.69 bits per heavy atom. The van der Waals surface area contributed by atoms with Gasteiger partial charge >= 0.3 is 5.97 Å². The Morgan fingerprint density at radius 3 is 2.85 bits per heavy atom. The summed E-state index contributed by atoms with van der Waals surface area (Å²) in [5.41, 5.74) is 0. The van der Waals surface area contributed by atoms with Gasteiger partial charge in [0.15, 0.2) is 10.0 Å². The molecular formula is C7H5Cl2NO2S. The molecule has 3 nitrogen and oxygen atoms in total. The van der Waals surface area contributed by atoms with E-state index in [1.165, 1.54) is 6.08 Å². The van der Waals surface area contributed by atoms with Crippen molar-refractivity contribution in [3.8, 4) is 0 Å². The van der Waals surface area contributed by atoms with Crippen LogP contribution in [0, 0.1) is 0 Å². The Kier molecular flexibility index (Phi) is 3.71. The molecule has 0 atom stereocenters. The number of halogens is 2. The van der Waals surface area contributed by atoms with Crippen molar-refractivity contribution < 1.29 is 9.53 Å². The van der Waals surface area contributed by atoms with Crippen molar-refractivity contribution in [2.45, 2.75) is 0 Å². The maximum atomic E-state index is 11.2. The number of carbonyl (C=O) groups is 1. The van der Waals surface area contributed by atoms with Gasteiger partial charge < -0.3 is 4.74 Å². The van der Waals surface area contributed by atoms with Crippen molar-refractivity contribution >= 4 is 40.7 Å². The van der Waals surface area contributed by atoms with Gasteiger partial charge in [-0.05, 0) is 11.5 Å². The minimum absolute atomic E-state index is 0.122. The Bertz CT molecular complexity index is 337. The highest BCUT2D eigenvalue weighted by Crippen LogP contribution is 2.28. The minimum Gasteiger partial charge on any atom is -0.457 e. The molecule has 1 aromatic rings. The van der Waals surface area contributed by atoms with E-state index in [1.54, 1.807) is 0 Å². The van der Waals surface area contributed by atoms with Crippen molar-refractivity contribution in [3.63, 3.8) is 0 Å². The number of hydrogen-bond donors (Lipinski definition) is 0. The highest BCUT2D eigenvalue weighted by molar-refractivity contribution is 7.09. The van der Waals surface area contributed by atoms with E-state index in [2.05, 4.69) is 11.0 Å². The molecule has 1 aromatic heterocycles. The topological polar surface area (TPSA) is 39.2 Å². The summed E-state index contributed by atoms with van der Waals surface area (Å²) in [5.74, 6) is -0.533. The van der Waals surface area contributed by atoms with E-state index in [0.29, 0.717) is 0 Å². The highest BCUT2D eigenvalue weighted by Gasteiger charge is 2.17. The molecule has 1 heterocycles. The normalized spacial score (nSPS) is 9.69. The Morgan fingerprint density at radius 2 is 2.38 bits per heavy atom. The van der Waals surface area contributed by atoms with Crippen molar-refractivity contribution in [2.75, 3.05) is 6.61 Å². The van der Waals surface area contributed by atoms with Crippen molar-refractivity contribution in [2.24, 2.45) is 0 Å². The molecule has 0 aliphatic rings. The Balaban J connectivity index is 2.77. The summed E-state index contributed by atoms with van der Waals surface area (Å²) in [7, 11) is 0. The van der Waals surface area contributed by atoms with E-state index in [9.17, 15) is 4.79 Å². The fourth-order valence-corrected chi connectivity index (χ4v) is 1.69. The molecule has 0 aromatic carbocycles. The third-order valence-corrected chi connectivity index (χ3v) is 2.89. The summed E-state index contributed by atoms with van der Waals surface area (Å²) >= 11 is 12.1. The third kappa shape index (κ3) is 2.43. The lowest BCUT2D eigenvalue weighted by atomic mass is 10.5. The van der Waals surface area contributed by atoms with Crippen LogP contribution in [0.4, 0.5) is 0 Å². The monoisotopic (exact) mass is 237 g/mol. The lowest BCUT2D eigenvalue weighted by Crippen LogP contribution is -2.03. The second-order valence-corrected chi connectivity index (χ2v) is 3.51. The van der Waals surface area contributed by atoms with E-state index in [-0.39, 0.29) is 21.7 Å². The van der Waals surface area contributed by atoms with Crippen LogP contribution in [0.3, 0.4) is 0 Å². The van der Waals surface area contributed by atoms with E-state index >= 15 is 0 Å². The predicted molar refractivity (Wildman–Crippen MR) is 52.6 cm³/mol. The molecule has 1 rings (SSSR count). The van der Waals surface area contributed by atoms with E-state index in [1.807, 2.05) is 0 Å². The smallest absolute Gasteiger partial charge is 0.351 e. The van der Waals surface area contributed by atoms with Crippen molar-refractivity contribution in [1.82, 2.24) is 4.37 Å². The van der Waals surface area contributed by atoms with E-state index in [0.717, 1.165) is 11.5 Å². The maximum absolute atomic E-state index is 11.2. The molecule has 0 spiro atoms. The van der Waals surface area contributed by atoms with E-state index < -0.39 is 5.97 Å². The number of hydrogen-bond acceptors (Lipinski definition) is 4. The second kappa shape index (κ2) is 4.60. The number of aromatic nitrogens is 1. The fourth-order valence-electron chi connectivity index (χ4n) is 0.587. The molecule has 0 aliphatic carbocycles. The molecule has 0 radical (unpaired) electrons. The van der Waals surface area contributed by atoms with Gasteiger partial charge in [0, 0.05) is 0 Å². The quantitative estimate of drug-likeness (QED) is 0.600. The van der Waals surface area contributed by atoms with Gasteiger partial charge in [-0.2, -0.15) is 4.37 Å². The first-order valence-corrected chi connectivity index (χ1v) is 4.78. The third-order valence-electron chi connectivity index (χ3n) is 1.12. The van der Waals surface area contributed by atoms with Crippen LogP contribution in [0.5, 0.6) is 0 Å². The van der Waals surface area contributed by atoms with Crippen LogP contribution >= 0.6 is 34.7 Å². The second-order valence-electron chi connectivity index (χ2n) is 2.00. The fraction of sp³-hybridized carbons (Fsp3) is 0.143. The summed E-state index contributed by atoms with van der Waals surface area (Å²) in [6.45, 7) is 3.55. The first-order chi connectivity index (χ1) is 6.16. The molecule has 0 fully saturated rings. The molecule has 0 amide bonds. The average Bonchev–Trinajstić information content (AvgIpc) is 2.44. The summed E-state index contributed by atoms with van der Waals surface area (Å²) in [6.07, 6.45) is 1.47. The number of esters is 1. The molecule has 70 valence electrons. The average molecular weight is 238 g/mol. The molecule has 0 saturated heterocycles. The van der Waals surface area contributed by atoms with Gasteiger partial charge in [-0.1, -0.05) is 35.9 Å².